The molecule has 2 unspecified atom stereocenters. The van der Waals surface area contributed by atoms with Gasteiger partial charge in [-0.2, -0.15) is 0 Å². The van der Waals surface area contributed by atoms with Gasteiger partial charge in [-0.05, 0) is 109 Å². The van der Waals surface area contributed by atoms with Crippen molar-refractivity contribution in [2.75, 3.05) is 47.5 Å². The number of quaternary nitrogens is 1. The molecule has 90 heavy (non-hydrogen) atoms. The van der Waals surface area contributed by atoms with Gasteiger partial charge in [-0.1, -0.05) is 321 Å². The van der Waals surface area contributed by atoms with E-state index in [0.717, 1.165) is 116 Å². The van der Waals surface area contributed by atoms with E-state index in [-0.39, 0.29) is 32.0 Å². The van der Waals surface area contributed by atoms with Crippen molar-refractivity contribution >= 4 is 19.8 Å². The SMILES string of the molecule is CC/C=C\C/C=C\C/C=C\C/C=C\C/C=C\C/C=C\CCCCCCCCCCC(=O)OC(COC(=O)CCCCCCCCCCCCCCCCCCCCCCCCC/C=C\C/C=C\C/C=C\C/C=C\C/C=C\CC)COP(=O)(O)OCC[N+](C)(C)C. The van der Waals surface area contributed by atoms with Crippen LogP contribution in [0.4, 0.5) is 0 Å². The van der Waals surface area contributed by atoms with Gasteiger partial charge in [0.2, 0.25) is 0 Å². The molecule has 0 fully saturated rings. The number of esters is 2. The Morgan fingerprint density at radius 2 is 0.600 bits per heavy atom. The van der Waals surface area contributed by atoms with E-state index in [1.165, 1.54) is 161 Å². The second-order valence-corrected chi connectivity index (χ2v) is 27.0. The van der Waals surface area contributed by atoms with Gasteiger partial charge in [0.15, 0.2) is 6.10 Å². The average molecular weight is 1270 g/mol. The van der Waals surface area contributed by atoms with Crippen molar-refractivity contribution in [1.29, 1.82) is 0 Å². The van der Waals surface area contributed by atoms with E-state index in [4.69, 9.17) is 18.5 Å². The number of hydrogen-bond donors (Lipinski definition) is 1. The number of ether oxygens (including phenoxy) is 2. The summed E-state index contributed by atoms with van der Waals surface area (Å²) in [6.45, 7) is 4.22. The molecule has 9 nitrogen and oxygen atoms in total. The quantitative estimate of drug-likeness (QED) is 0.0211. The van der Waals surface area contributed by atoms with Gasteiger partial charge < -0.3 is 18.9 Å². The first-order valence-corrected chi connectivity index (χ1v) is 38.4. The van der Waals surface area contributed by atoms with Crippen molar-refractivity contribution in [3.8, 4) is 0 Å². The first-order valence-electron chi connectivity index (χ1n) is 36.9. The Hall–Kier alpha value is -3.85. The fourth-order valence-corrected chi connectivity index (χ4v) is 10.8. The van der Waals surface area contributed by atoms with Crippen LogP contribution in [0.25, 0.3) is 0 Å². The van der Waals surface area contributed by atoms with Crippen LogP contribution in [0.5, 0.6) is 0 Å². The molecule has 10 heteroatoms. The van der Waals surface area contributed by atoms with E-state index in [9.17, 15) is 19.0 Å². The zero-order valence-electron chi connectivity index (χ0n) is 58.8. The summed E-state index contributed by atoms with van der Waals surface area (Å²) in [6.07, 6.45) is 101. The highest BCUT2D eigenvalue weighted by Crippen LogP contribution is 2.43. The summed E-state index contributed by atoms with van der Waals surface area (Å²) in [7, 11) is 1.47. The molecule has 0 aromatic carbocycles. The van der Waals surface area contributed by atoms with Crippen LogP contribution in [0.2, 0.25) is 0 Å². The first kappa shape index (κ1) is 86.2. The minimum absolute atomic E-state index is 0.0256. The lowest BCUT2D eigenvalue weighted by molar-refractivity contribution is -0.870. The molecule has 0 radical (unpaired) electrons. The molecule has 0 rings (SSSR count). The number of likely N-dealkylation sites (N-methyl/N-ethyl adjacent to an activating group) is 1. The maximum Gasteiger partial charge on any atom is 0.472 e. The van der Waals surface area contributed by atoms with Crippen LogP contribution in [-0.2, 0) is 32.7 Å². The molecular formula is C80H139NO8P+. The lowest BCUT2D eigenvalue weighted by atomic mass is 10.0. The molecule has 0 saturated carbocycles. The van der Waals surface area contributed by atoms with Gasteiger partial charge in [0.25, 0.3) is 0 Å². The van der Waals surface area contributed by atoms with E-state index >= 15 is 0 Å². The van der Waals surface area contributed by atoms with Gasteiger partial charge in [0, 0.05) is 12.8 Å². The van der Waals surface area contributed by atoms with Gasteiger partial charge in [-0.3, -0.25) is 18.6 Å². The maximum atomic E-state index is 12.9. The van der Waals surface area contributed by atoms with Gasteiger partial charge in [0.05, 0.1) is 27.7 Å². The summed E-state index contributed by atoms with van der Waals surface area (Å²) in [5, 5.41) is 0. The van der Waals surface area contributed by atoms with Crippen LogP contribution in [0.3, 0.4) is 0 Å². The number of rotatable bonds is 67. The average Bonchev–Trinajstić information content (AvgIpc) is 3.61. The highest BCUT2D eigenvalue weighted by molar-refractivity contribution is 7.47. The second kappa shape index (κ2) is 69.5. The number of phosphoric acid groups is 1. The molecule has 2 atom stereocenters. The fraction of sp³-hybridized carbons (Fsp3) is 0.700. The minimum Gasteiger partial charge on any atom is -0.462 e. The van der Waals surface area contributed by atoms with E-state index < -0.39 is 26.5 Å². The fourth-order valence-electron chi connectivity index (χ4n) is 10.1. The number of nitrogens with zero attached hydrogens (tertiary/aromatic N) is 1. The number of carbonyl (C=O) groups excluding carboxylic acids is 2. The number of allylic oxidation sites excluding steroid dienone is 22. The predicted molar refractivity (Wildman–Crippen MR) is 390 cm³/mol. The van der Waals surface area contributed by atoms with Gasteiger partial charge in [-0.15, -0.1) is 0 Å². The van der Waals surface area contributed by atoms with Gasteiger partial charge >= 0.3 is 19.8 Å². The Morgan fingerprint density at radius 3 is 0.889 bits per heavy atom. The van der Waals surface area contributed by atoms with Crippen molar-refractivity contribution in [2.45, 2.75) is 315 Å². The monoisotopic (exact) mass is 1270 g/mol. The standard InChI is InChI=1S/C80H138NO8P/c1-6-8-10-12-14-16-18-20-22-24-26-28-30-32-34-35-36-37-38-39-40-41-42-43-44-45-47-48-50-52-54-56-58-60-62-64-66-68-70-72-79(82)86-76-78(77-88-90(84,85)87-75-74-81(3,4)5)89-80(83)73-71-69-67-65-63-61-59-57-55-53-51-49-46-33-31-29-27-25-23-21-19-17-15-13-11-9-7-2/h8-11,14-17,20-23,26-29,32-34,46,51,53,78H,6-7,12-13,18-19,24-25,30-31,35-45,47-50,52,54-77H2,1-5H3/p+1/b10-8-,11-9-,16-14-,17-15-,22-20-,23-21-,28-26-,29-27-,34-32-,46-33-,53-51-. The van der Waals surface area contributed by atoms with Crippen LogP contribution in [-0.4, -0.2) is 74.9 Å². The third kappa shape index (κ3) is 73.2. The molecule has 0 aromatic rings. The number of carbonyl (C=O) groups is 2. The molecule has 516 valence electrons. The molecule has 0 aliphatic rings. The zero-order chi connectivity index (χ0) is 65.5. The van der Waals surface area contributed by atoms with E-state index in [1.807, 2.05) is 21.1 Å². The Kier molecular flexibility index (Phi) is 66.5. The Morgan fingerprint density at radius 1 is 0.344 bits per heavy atom. The lowest BCUT2D eigenvalue weighted by Crippen LogP contribution is -2.37. The van der Waals surface area contributed by atoms with Gasteiger partial charge in [-0.25, -0.2) is 4.57 Å². The molecule has 0 aromatic heterocycles. The van der Waals surface area contributed by atoms with Crippen molar-refractivity contribution in [2.24, 2.45) is 0 Å². The highest BCUT2D eigenvalue weighted by Gasteiger charge is 2.27. The normalized spacial score (nSPS) is 13.9. The number of unbranched alkanes of at least 4 members (excludes halogenated alkanes) is 31. The Balaban J connectivity index is 3.99. The number of hydrogen-bond acceptors (Lipinski definition) is 7. The molecular weight excluding hydrogens is 1130 g/mol. The molecule has 0 bridgehead atoms. The predicted octanol–water partition coefficient (Wildman–Crippen LogP) is 24.4. The molecule has 0 aliphatic heterocycles. The first-order chi connectivity index (χ1) is 44.0. The third-order valence-corrected chi connectivity index (χ3v) is 16.7. The van der Waals surface area contributed by atoms with E-state index in [2.05, 4.69) is 148 Å². The molecule has 0 amide bonds. The van der Waals surface area contributed by atoms with Crippen LogP contribution >= 0.6 is 7.82 Å². The Bertz CT molecular complexity index is 1980. The van der Waals surface area contributed by atoms with Gasteiger partial charge in [0.1, 0.15) is 19.8 Å². The topological polar surface area (TPSA) is 108 Å². The van der Waals surface area contributed by atoms with E-state index in [0.29, 0.717) is 17.4 Å². The van der Waals surface area contributed by atoms with Crippen LogP contribution in [0.1, 0.15) is 309 Å². The molecule has 1 N–H and O–H groups in total. The summed E-state index contributed by atoms with van der Waals surface area (Å²) in [6, 6.07) is 0. The summed E-state index contributed by atoms with van der Waals surface area (Å²) in [5.41, 5.74) is 0. The zero-order valence-corrected chi connectivity index (χ0v) is 59.7. The van der Waals surface area contributed by atoms with Crippen molar-refractivity contribution < 1.29 is 42.1 Å². The van der Waals surface area contributed by atoms with Crippen molar-refractivity contribution in [3.05, 3.63) is 134 Å². The summed E-state index contributed by atoms with van der Waals surface area (Å²) >= 11 is 0. The van der Waals surface area contributed by atoms with Crippen molar-refractivity contribution in [3.63, 3.8) is 0 Å². The molecule has 0 saturated heterocycles. The minimum atomic E-state index is -4.40. The summed E-state index contributed by atoms with van der Waals surface area (Å²) in [5.74, 6) is -0.802. The van der Waals surface area contributed by atoms with Crippen LogP contribution in [0, 0.1) is 0 Å². The molecule has 0 heterocycles. The molecule has 0 aliphatic carbocycles. The van der Waals surface area contributed by atoms with Crippen LogP contribution < -0.4 is 0 Å². The summed E-state index contributed by atoms with van der Waals surface area (Å²) in [4.78, 5) is 35.9. The largest absolute Gasteiger partial charge is 0.472 e. The lowest BCUT2D eigenvalue weighted by Gasteiger charge is -2.24. The molecule has 0 spiro atoms. The number of phosphoric ester groups is 1. The second-order valence-electron chi connectivity index (χ2n) is 25.6. The highest BCUT2D eigenvalue weighted by atomic mass is 31.2. The van der Waals surface area contributed by atoms with Crippen molar-refractivity contribution in [1.82, 2.24) is 0 Å². The summed E-state index contributed by atoms with van der Waals surface area (Å²) < 4.78 is 34.7. The Labute approximate surface area is 555 Å². The third-order valence-electron chi connectivity index (χ3n) is 15.7. The van der Waals surface area contributed by atoms with E-state index in [1.54, 1.807) is 0 Å². The van der Waals surface area contributed by atoms with Crippen LogP contribution in [0.15, 0.2) is 134 Å². The smallest absolute Gasteiger partial charge is 0.462 e. The maximum absolute atomic E-state index is 12.9.